The molecule has 3 aromatic rings. The number of pyridine rings is 1. The van der Waals surface area contributed by atoms with Crippen molar-refractivity contribution in [2.75, 3.05) is 6.61 Å². The molecule has 0 N–H and O–H groups in total. The van der Waals surface area contributed by atoms with E-state index in [0.29, 0.717) is 40.4 Å². The Labute approximate surface area is 155 Å². The summed E-state index contributed by atoms with van der Waals surface area (Å²) in [6.45, 7) is 4.33. The first-order chi connectivity index (χ1) is 12.5. The monoisotopic (exact) mass is 373 g/mol. The van der Waals surface area contributed by atoms with E-state index >= 15 is 0 Å². The summed E-state index contributed by atoms with van der Waals surface area (Å²) in [5.41, 5.74) is 0.983. The molecule has 0 aliphatic carbocycles. The lowest BCUT2D eigenvalue weighted by molar-refractivity contribution is 0.340. The zero-order valence-electron chi connectivity index (χ0n) is 15.0. The summed E-state index contributed by atoms with van der Waals surface area (Å²) in [6.07, 6.45) is 2.33. The third-order valence-corrected chi connectivity index (χ3v) is 4.70. The first-order valence-corrected chi connectivity index (χ1v) is 8.85. The summed E-state index contributed by atoms with van der Waals surface area (Å²) in [7, 11) is 1.60. The minimum atomic E-state index is -0.443. The molecule has 0 saturated heterocycles. The smallest absolute Gasteiger partial charge is 0.332 e. The van der Waals surface area contributed by atoms with E-state index < -0.39 is 11.2 Å². The summed E-state index contributed by atoms with van der Waals surface area (Å²) in [6, 6.07) is 7.15. The number of fused-ring (bicyclic) bond motifs is 1. The number of benzene rings is 1. The van der Waals surface area contributed by atoms with Crippen molar-refractivity contribution in [2.24, 2.45) is 7.05 Å². The predicted octanol–water partition coefficient (Wildman–Crippen LogP) is 2.76. The second-order valence-electron chi connectivity index (χ2n) is 5.92. The van der Waals surface area contributed by atoms with Crippen molar-refractivity contribution >= 4 is 22.6 Å². The molecule has 0 spiro atoms. The van der Waals surface area contributed by atoms with Crippen molar-refractivity contribution in [3.05, 3.63) is 67.4 Å². The Balaban J connectivity index is 2.34. The normalized spacial score (nSPS) is 11.1. The number of aromatic nitrogens is 3. The maximum absolute atomic E-state index is 13.2. The van der Waals surface area contributed by atoms with Gasteiger partial charge in [-0.3, -0.25) is 13.9 Å². The maximum atomic E-state index is 13.2. The van der Waals surface area contributed by atoms with Crippen LogP contribution in [0.3, 0.4) is 0 Å². The van der Waals surface area contributed by atoms with Crippen LogP contribution in [-0.4, -0.2) is 20.7 Å². The van der Waals surface area contributed by atoms with E-state index in [1.165, 1.54) is 9.13 Å². The Bertz CT molecular complexity index is 1090. The van der Waals surface area contributed by atoms with Crippen molar-refractivity contribution in [1.29, 1.82) is 0 Å². The fourth-order valence-electron chi connectivity index (χ4n) is 2.96. The number of hydrogen-bond acceptors (Lipinski definition) is 4. The highest BCUT2D eigenvalue weighted by Gasteiger charge is 2.19. The number of halogens is 1. The van der Waals surface area contributed by atoms with Gasteiger partial charge in [-0.15, -0.1) is 0 Å². The zero-order valence-corrected chi connectivity index (χ0v) is 15.7. The molecule has 0 atom stereocenters. The molecule has 136 valence electrons. The van der Waals surface area contributed by atoms with Crippen LogP contribution in [0, 0.1) is 0 Å². The van der Waals surface area contributed by atoms with Gasteiger partial charge in [-0.25, -0.2) is 9.78 Å². The average molecular weight is 374 g/mol. The van der Waals surface area contributed by atoms with Gasteiger partial charge < -0.3 is 4.74 Å². The van der Waals surface area contributed by atoms with Crippen molar-refractivity contribution in [2.45, 2.75) is 26.8 Å². The van der Waals surface area contributed by atoms with E-state index in [-0.39, 0.29) is 6.54 Å². The zero-order chi connectivity index (χ0) is 18.8. The first kappa shape index (κ1) is 18.2. The largest absolute Gasteiger partial charge is 0.493 e. The summed E-state index contributed by atoms with van der Waals surface area (Å²) < 4.78 is 8.30. The van der Waals surface area contributed by atoms with E-state index in [9.17, 15) is 9.59 Å². The molecule has 0 aliphatic heterocycles. The second-order valence-corrected chi connectivity index (χ2v) is 6.33. The van der Waals surface area contributed by atoms with Gasteiger partial charge in [-0.05, 0) is 25.0 Å². The molecule has 2 aromatic heterocycles. The van der Waals surface area contributed by atoms with Crippen LogP contribution in [0.25, 0.3) is 11.0 Å². The summed E-state index contributed by atoms with van der Waals surface area (Å²) in [5.74, 6) is 0.494. The van der Waals surface area contributed by atoms with E-state index in [2.05, 4.69) is 4.98 Å². The van der Waals surface area contributed by atoms with Crippen LogP contribution in [-0.2, 0) is 20.0 Å². The molecule has 0 unspecified atom stereocenters. The Kier molecular flexibility index (Phi) is 5.13. The average Bonchev–Trinajstić information content (AvgIpc) is 2.64. The molecule has 6 nitrogen and oxygen atoms in total. The van der Waals surface area contributed by atoms with Crippen molar-refractivity contribution in [3.8, 4) is 5.75 Å². The van der Waals surface area contributed by atoms with Crippen molar-refractivity contribution < 1.29 is 4.74 Å². The lowest BCUT2D eigenvalue weighted by atomic mass is 10.1. The lowest BCUT2D eigenvalue weighted by Gasteiger charge is -2.15. The van der Waals surface area contributed by atoms with Gasteiger partial charge in [0.25, 0.3) is 5.56 Å². The van der Waals surface area contributed by atoms with E-state index in [0.717, 1.165) is 5.56 Å². The Hall–Kier alpha value is -2.60. The summed E-state index contributed by atoms with van der Waals surface area (Å²) in [4.78, 5) is 30.2. The number of hydrogen-bond donors (Lipinski definition) is 0. The van der Waals surface area contributed by atoms with Gasteiger partial charge in [0.2, 0.25) is 0 Å². The van der Waals surface area contributed by atoms with E-state index in [4.69, 9.17) is 16.3 Å². The lowest BCUT2D eigenvalue weighted by Crippen LogP contribution is -2.40. The molecule has 26 heavy (non-hydrogen) atoms. The first-order valence-electron chi connectivity index (χ1n) is 8.47. The Morgan fingerprint density at radius 1 is 1.15 bits per heavy atom. The quantitative estimate of drug-likeness (QED) is 0.689. The van der Waals surface area contributed by atoms with Crippen molar-refractivity contribution in [1.82, 2.24) is 14.1 Å². The number of aryl methyl sites for hydroxylation is 2. The van der Waals surface area contributed by atoms with Crippen LogP contribution in [0.4, 0.5) is 0 Å². The van der Waals surface area contributed by atoms with Gasteiger partial charge >= 0.3 is 5.69 Å². The van der Waals surface area contributed by atoms with Gasteiger partial charge in [-0.2, -0.15) is 0 Å². The molecule has 0 aliphatic rings. The molecule has 0 saturated carbocycles. The molecule has 3 rings (SSSR count). The maximum Gasteiger partial charge on any atom is 0.332 e. The number of ether oxygens (including phenoxy) is 1. The van der Waals surface area contributed by atoms with Gasteiger partial charge in [0.15, 0.2) is 5.65 Å². The van der Waals surface area contributed by atoms with Crippen molar-refractivity contribution in [3.63, 3.8) is 0 Å². The van der Waals surface area contributed by atoms with E-state index in [1.54, 1.807) is 31.4 Å². The second kappa shape index (κ2) is 7.33. The molecule has 0 bridgehead atoms. The highest BCUT2D eigenvalue weighted by molar-refractivity contribution is 6.31. The minimum Gasteiger partial charge on any atom is -0.493 e. The molecule has 0 fully saturated rings. The number of nitrogens with zero attached hydrogens (tertiary/aromatic N) is 3. The fourth-order valence-corrected chi connectivity index (χ4v) is 3.16. The predicted molar refractivity (Wildman–Crippen MR) is 102 cm³/mol. The SMILES string of the molecule is CCOc1c(CC)cnc2c1c(=O)n(Cc1ccccc1Cl)c(=O)n2C. The molecule has 0 amide bonds. The third-order valence-electron chi connectivity index (χ3n) is 4.34. The third kappa shape index (κ3) is 3.01. The van der Waals surface area contributed by atoms with Crippen LogP contribution in [0.15, 0.2) is 40.1 Å². The fraction of sp³-hybridized carbons (Fsp3) is 0.316. The van der Waals surface area contributed by atoms with Crippen LogP contribution >= 0.6 is 11.6 Å². The van der Waals surface area contributed by atoms with Crippen LogP contribution in [0.1, 0.15) is 25.0 Å². The standard InChI is InChI=1S/C19H20ClN3O3/c1-4-12-10-21-17-15(16(12)26-5-2)18(24)23(19(25)22(17)3)11-13-8-6-7-9-14(13)20/h6-10H,4-5,11H2,1-3H3. The minimum absolute atomic E-state index is 0.0863. The molecule has 2 heterocycles. The van der Waals surface area contributed by atoms with Crippen LogP contribution in [0.2, 0.25) is 5.02 Å². The van der Waals surface area contributed by atoms with Gasteiger partial charge in [-0.1, -0.05) is 36.7 Å². The van der Waals surface area contributed by atoms with Gasteiger partial charge in [0.1, 0.15) is 11.1 Å². The molecule has 0 radical (unpaired) electrons. The van der Waals surface area contributed by atoms with E-state index in [1.807, 2.05) is 19.9 Å². The Morgan fingerprint density at radius 2 is 1.88 bits per heavy atom. The summed E-state index contributed by atoms with van der Waals surface area (Å²) >= 11 is 6.20. The summed E-state index contributed by atoms with van der Waals surface area (Å²) in [5, 5.41) is 0.826. The number of rotatable bonds is 5. The highest BCUT2D eigenvalue weighted by atomic mass is 35.5. The molecular weight excluding hydrogens is 354 g/mol. The molecule has 7 heteroatoms. The van der Waals surface area contributed by atoms with Gasteiger partial charge in [0, 0.05) is 23.8 Å². The molecule has 1 aromatic carbocycles. The Morgan fingerprint density at radius 3 is 2.54 bits per heavy atom. The van der Waals surface area contributed by atoms with Crippen LogP contribution in [0.5, 0.6) is 5.75 Å². The van der Waals surface area contributed by atoms with Crippen LogP contribution < -0.4 is 16.0 Å². The van der Waals surface area contributed by atoms with Gasteiger partial charge in [0.05, 0.1) is 13.2 Å². The molecular formula is C19H20ClN3O3. The topological polar surface area (TPSA) is 66.1 Å². The highest BCUT2D eigenvalue weighted by Crippen LogP contribution is 2.25.